The van der Waals surface area contributed by atoms with Gasteiger partial charge >= 0.3 is 0 Å². The highest BCUT2D eigenvalue weighted by molar-refractivity contribution is 6.03. The van der Waals surface area contributed by atoms with Gasteiger partial charge in [0, 0.05) is 5.56 Å². The molecule has 25 heavy (non-hydrogen) atoms. The molecule has 2 N–H and O–H groups in total. The maximum Gasteiger partial charge on any atom is 0.277 e. The Labute approximate surface area is 146 Å². The number of aromatic hydroxyl groups is 1. The lowest BCUT2D eigenvalue weighted by atomic mass is 10.0. The fourth-order valence-corrected chi connectivity index (χ4v) is 2.20. The molecule has 0 saturated heterocycles. The van der Waals surface area contributed by atoms with E-state index in [-0.39, 0.29) is 12.4 Å². The average molecular weight is 337 g/mol. The maximum atomic E-state index is 11.9. The Morgan fingerprint density at radius 1 is 1.32 bits per heavy atom. The molecule has 1 amide bonds. The Bertz CT molecular complexity index is 838. The number of nitrogens with zero attached hydrogens (tertiary/aromatic N) is 2. The lowest BCUT2D eigenvalue weighted by Gasteiger charge is -2.09. The third-order valence-corrected chi connectivity index (χ3v) is 3.48. The number of nitriles is 1. The molecule has 0 aliphatic heterocycles. The molecule has 0 spiro atoms. The molecule has 6 nitrogen and oxygen atoms in total. The molecule has 0 heterocycles. The van der Waals surface area contributed by atoms with E-state index in [2.05, 4.69) is 10.5 Å². The lowest BCUT2D eigenvalue weighted by Crippen LogP contribution is -2.26. The fraction of sp³-hybridized carbons (Fsp3) is 0.211. The molecular weight excluding hydrogens is 318 g/mol. The van der Waals surface area contributed by atoms with Crippen LogP contribution in [0.5, 0.6) is 11.5 Å². The van der Waals surface area contributed by atoms with E-state index in [9.17, 15) is 9.90 Å². The van der Waals surface area contributed by atoms with Crippen molar-refractivity contribution in [1.29, 1.82) is 5.26 Å². The number of phenols is 1. The Hall–Kier alpha value is -3.33. The first-order valence-electron chi connectivity index (χ1n) is 7.82. The molecular formula is C19H19N3O3. The normalized spacial score (nSPS) is 10.8. The van der Waals surface area contributed by atoms with Crippen LogP contribution in [0.25, 0.3) is 0 Å². The second kappa shape index (κ2) is 8.50. The number of ether oxygens (including phenoxy) is 1. The topological polar surface area (TPSA) is 94.7 Å². The van der Waals surface area contributed by atoms with Gasteiger partial charge in [0.1, 0.15) is 17.6 Å². The summed E-state index contributed by atoms with van der Waals surface area (Å²) in [6.07, 6.45) is 0.537. The summed E-state index contributed by atoms with van der Waals surface area (Å²) < 4.78 is 5.35. The summed E-state index contributed by atoms with van der Waals surface area (Å²) >= 11 is 0. The van der Waals surface area contributed by atoms with Gasteiger partial charge < -0.3 is 9.84 Å². The molecule has 0 atom stereocenters. The standard InChI is InChI=1S/C19H19N3O3/c1-3-16(15-10-13(2)8-9-17(15)23)21-22-19(24)12-25-18-7-5-4-6-14(18)11-20/h4-10,23H,3,12H2,1-2H3,(H,22,24)/b21-16+. The molecule has 0 unspecified atom stereocenters. The number of hydrogen-bond donors (Lipinski definition) is 2. The molecule has 0 aliphatic carbocycles. The number of amides is 1. The summed E-state index contributed by atoms with van der Waals surface area (Å²) in [7, 11) is 0. The average Bonchev–Trinajstić information content (AvgIpc) is 2.63. The Balaban J connectivity index is 2.03. The van der Waals surface area contributed by atoms with Crippen molar-refractivity contribution in [3.05, 3.63) is 59.2 Å². The predicted octanol–water partition coefficient (Wildman–Crippen LogP) is 2.88. The number of carbonyl (C=O) groups is 1. The van der Waals surface area contributed by atoms with Crippen molar-refractivity contribution in [1.82, 2.24) is 5.43 Å². The van der Waals surface area contributed by atoms with E-state index in [0.717, 1.165) is 5.56 Å². The van der Waals surface area contributed by atoms with Gasteiger partial charge in [-0.1, -0.05) is 30.7 Å². The lowest BCUT2D eigenvalue weighted by molar-refractivity contribution is -0.123. The van der Waals surface area contributed by atoms with Gasteiger partial charge in [0.2, 0.25) is 0 Å². The van der Waals surface area contributed by atoms with Crippen molar-refractivity contribution in [3.63, 3.8) is 0 Å². The maximum absolute atomic E-state index is 11.9. The quantitative estimate of drug-likeness (QED) is 0.626. The number of benzene rings is 2. The molecule has 0 saturated carbocycles. The third-order valence-electron chi connectivity index (χ3n) is 3.48. The van der Waals surface area contributed by atoms with E-state index >= 15 is 0 Å². The van der Waals surface area contributed by atoms with Crippen LogP contribution in [0.4, 0.5) is 0 Å². The first-order valence-corrected chi connectivity index (χ1v) is 7.82. The number of carbonyl (C=O) groups excluding carboxylic acids is 1. The van der Waals surface area contributed by atoms with Gasteiger partial charge in [0.25, 0.3) is 5.91 Å². The zero-order chi connectivity index (χ0) is 18.2. The van der Waals surface area contributed by atoms with Crippen molar-refractivity contribution in [3.8, 4) is 17.6 Å². The van der Waals surface area contributed by atoms with Crippen LogP contribution >= 0.6 is 0 Å². The largest absolute Gasteiger partial charge is 0.507 e. The van der Waals surface area contributed by atoms with E-state index in [4.69, 9.17) is 10.00 Å². The van der Waals surface area contributed by atoms with Crippen LogP contribution in [0.3, 0.4) is 0 Å². The second-order valence-electron chi connectivity index (χ2n) is 5.36. The highest BCUT2D eigenvalue weighted by Crippen LogP contribution is 2.20. The molecule has 2 rings (SSSR count). The Morgan fingerprint density at radius 2 is 2.08 bits per heavy atom. The van der Waals surface area contributed by atoms with Gasteiger partial charge in [-0.05, 0) is 37.6 Å². The molecule has 0 bridgehead atoms. The van der Waals surface area contributed by atoms with E-state index in [1.807, 2.05) is 26.0 Å². The number of para-hydroxylation sites is 1. The summed E-state index contributed by atoms with van der Waals surface area (Å²) in [6, 6.07) is 13.9. The highest BCUT2D eigenvalue weighted by atomic mass is 16.5. The van der Waals surface area contributed by atoms with Crippen LogP contribution in [0.15, 0.2) is 47.6 Å². The molecule has 2 aromatic carbocycles. The van der Waals surface area contributed by atoms with Crippen LogP contribution in [0.2, 0.25) is 0 Å². The summed E-state index contributed by atoms with van der Waals surface area (Å²) in [5, 5.41) is 23.0. The minimum Gasteiger partial charge on any atom is -0.507 e. The van der Waals surface area contributed by atoms with E-state index in [0.29, 0.717) is 29.0 Å². The van der Waals surface area contributed by atoms with Crippen LogP contribution in [0.1, 0.15) is 30.0 Å². The minimum atomic E-state index is -0.453. The Kier molecular flexibility index (Phi) is 6.13. The van der Waals surface area contributed by atoms with Gasteiger partial charge in [-0.25, -0.2) is 5.43 Å². The molecule has 2 aromatic rings. The van der Waals surface area contributed by atoms with Crippen LogP contribution in [0, 0.1) is 18.3 Å². The number of rotatable bonds is 6. The van der Waals surface area contributed by atoms with Crippen molar-refractivity contribution >= 4 is 11.6 Å². The van der Waals surface area contributed by atoms with Crippen molar-refractivity contribution in [2.24, 2.45) is 5.10 Å². The first-order chi connectivity index (χ1) is 12.0. The molecule has 0 aromatic heterocycles. The fourth-order valence-electron chi connectivity index (χ4n) is 2.20. The van der Waals surface area contributed by atoms with Crippen molar-refractivity contribution in [2.45, 2.75) is 20.3 Å². The SMILES string of the molecule is CC/C(=N\NC(=O)COc1ccccc1C#N)c1cc(C)ccc1O. The number of nitrogens with one attached hydrogen (secondary N) is 1. The number of aryl methyl sites for hydroxylation is 1. The summed E-state index contributed by atoms with van der Waals surface area (Å²) in [5.74, 6) is 0.00153. The Morgan fingerprint density at radius 3 is 2.80 bits per heavy atom. The van der Waals surface area contributed by atoms with Gasteiger partial charge in [0.05, 0.1) is 11.3 Å². The van der Waals surface area contributed by atoms with E-state index in [1.165, 1.54) is 0 Å². The second-order valence-corrected chi connectivity index (χ2v) is 5.36. The third kappa shape index (κ3) is 4.82. The van der Waals surface area contributed by atoms with E-state index < -0.39 is 5.91 Å². The monoisotopic (exact) mass is 337 g/mol. The zero-order valence-corrected chi connectivity index (χ0v) is 14.1. The van der Waals surface area contributed by atoms with Gasteiger partial charge in [-0.15, -0.1) is 0 Å². The first kappa shape index (κ1) is 18.0. The van der Waals surface area contributed by atoms with Gasteiger partial charge in [-0.3, -0.25) is 4.79 Å². The summed E-state index contributed by atoms with van der Waals surface area (Å²) in [6.45, 7) is 3.53. The van der Waals surface area contributed by atoms with Crippen molar-refractivity contribution in [2.75, 3.05) is 6.61 Å². The minimum absolute atomic E-state index is 0.111. The number of hydrazone groups is 1. The molecule has 128 valence electrons. The van der Waals surface area contributed by atoms with Gasteiger partial charge in [0.15, 0.2) is 6.61 Å². The predicted molar refractivity (Wildman–Crippen MR) is 94.5 cm³/mol. The van der Waals surface area contributed by atoms with Crippen LogP contribution in [-0.2, 0) is 4.79 Å². The molecule has 0 aliphatic rings. The van der Waals surface area contributed by atoms with E-state index in [1.54, 1.807) is 36.4 Å². The zero-order valence-electron chi connectivity index (χ0n) is 14.1. The van der Waals surface area contributed by atoms with Crippen LogP contribution < -0.4 is 10.2 Å². The summed E-state index contributed by atoms with van der Waals surface area (Å²) in [5.41, 5.74) is 4.90. The molecule has 0 fully saturated rings. The highest BCUT2D eigenvalue weighted by Gasteiger charge is 2.10. The van der Waals surface area contributed by atoms with Crippen molar-refractivity contribution < 1.29 is 14.6 Å². The van der Waals surface area contributed by atoms with Crippen LogP contribution in [-0.4, -0.2) is 23.3 Å². The summed E-state index contributed by atoms with van der Waals surface area (Å²) in [4.78, 5) is 11.9. The number of phenolic OH excluding ortho intramolecular Hbond substituents is 1. The smallest absolute Gasteiger partial charge is 0.277 e. The number of hydrogen-bond acceptors (Lipinski definition) is 5. The molecule has 6 heteroatoms. The molecule has 0 radical (unpaired) electrons. The van der Waals surface area contributed by atoms with Gasteiger partial charge in [-0.2, -0.15) is 10.4 Å².